The lowest BCUT2D eigenvalue weighted by Crippen LogP contribution is -2.28. The number of rotatable bonds is 6. The van der Waals surface area contributed by atoms with E-state index in [9.17, 15) is 4.79 Å². The van der Waals surface area contributed by atoms with Crippen molar-refractivity contribution >= 4 is 11.7 Å². The van der Waals surface area contributed by atoms with Crippen molar-refractivity contribution in [2.75, 3.05) is 12.3 Å². The summed E-state index contributed by atoms with van der Waals surface area (Å²) in [7, 11) is 0. The average molecular weight is 222 g/mol. The molecule has 88 valence electrons. The van der Waals surface area contributed by atoms with Crippen LogP contribution in [0.3, 0.4) is 0 Å². The van der Waals surface area contributed by atoms with Gasteiger partial charge in [-0.05, 0) is 24.8 Å². The summed E-state index contributed by atoms with van der Waals surface area (Å²) in [6.45, 7) is 1.02. The normalized spacial score (nSPS) is 15.0. The zero-order valence-corrected chi connectivity index (χ0v) is 9.35. The minimum absolute atomic E-state index is 0.00102. The number of aromatic nitrogens is 2. The Balaban J connectivity index is 1.59. The van der Waals surface area contributed by atoms with Gasteiger partial charge in [-0.2, -0.15) is 5.10 Å². The molecule has 1 aliphatic carbocycles. The van der Waals surface area contributed by atoms with Crippen molar-refractivity contribution in [2.24, 2.45) is 5.92 Å². The van der Waals surface area contributed by atoms with E-state index in [1.165, 1.54) is 19.3 Å². The predicted molar refractivity (Wildman–Crippen MR) is 61.6 cm³/mol. The van der Waals surface area contributed by atoms with E-state index in [2.05, 4.69) is 10.4 Å². The number of carbonyl (C=O) groups excluding carboxylic acids is 1. The molecule has 0 aromatic carbocycles. The monoisotopic (exact) mass is 222 g/mol. The summed E-state index contributed by atoms with van der Waals surface area (Å²) in [5.74, 6) is 1.38. The SMILES string of the molecule is Nc1ccn(CC(=O)NCCCC2CC2)n1. The number of anilines is 1. The Hall–Kier alpha value is -1.52. The van der Waals surface area contributed by atoms with Crippen molar-refractivity contribution in [2.45, 2.75) is 32.2 Å². The van der Waals surface area contributed by atoms with Crippen LogP contribution in [-0.2, 0) is 11.3 Å². The van der Waals surface area contributed by atoms with Crippen molar-refractivity contribution in [3.05, 3.63) is 12.3 Å². The third-order valence-corrected chi connectivity index (χ3v) is 2.78. The van der Waals surface area contributed by atoms with E-state index in [1.54, 1.807) is 16.9 Å². The number of hydrogen-bond donors (Lipinski definition) is 2. The fourth-order valence-electron chi connectivity index (χ4n) is 1.69. The number of nitrogen functional groups attached to an aromatic ring is 1. The molecular formula is C11H18N4O. The molecule has 0 saturated heterocycles. The third-order valence-electron chi connectivity index (χ3n) is 2.78. The minimum atomic E-state index is -0.00102. The molecule has 0 aliphatic heterocycles. The van der Waals surface area contributed by atoms with Crippen LogP contribution < -0.4 is 11.1 Å². The van der Waals surface area contributed by atoms with Gasteiger partial charge in [-0.1, -0.05) is 12.8 Å². The molecule has 5 nitrogen and oxygen atoms in total. The highest BCUT2D eigenvalue weighted by atomic mass is 16.2. The molecule has 0 atom stereocenters. The number of nitrogens with one attached hydrogen (secondary N) is 1. The molecule has 3 N–H and O–H groups in total. The average Bonchev–Trinajstić information content (AvgIpc) is 2.98. The van der Waals surface area contributed by atoms with E-state index >= 15 is 0 Å². The first-order chi connectivity index (χ1) is 7.74. The van der Waals surface area contributed by atoms with Crippen LogP contribution in [0.4, 0.5) is 5.82 Å². The van der Waals surface area contributed by atoms with Crippen LogP contribution >= 0.6 is 0 Å². The molecule has 1 heterocycles. The number of hydrogen-bond acceptors (Lipinski definition) is 3. The summed E-state index contributed by atoms with van der Waals surface area (Å²) in [5.41, 5.74) is 5.45. The molecule has 2 rings (SSSR count). The maximum atomic E-state index is 11.5. The molecular weight excluding hydrogens is 204 g/mol. The second-order valence-electron chi connectivity index (χ2n) is 4.37. The van der Waals surface area contributed by atoms with E-state index in [0.717, 1.165) is 18.9 Å². The number of nitrogens with zero attached hydrogens (tertiary/aromatic N) is 2. The van der Waals surface area contributed by atoms with E-state index in [1.807, 2.05) is 0 Å². The van der Waals surface area contributed by atoms with E-state index < -0.39 is 0 Å². The Labute approximate surface area is 95.0 Å². The first-order valence-electron chi connectivity index (χ1n) is 5.79. The zero-order valence-electron chi connectivity index (χ0n) is 9.35. The largest absolute Gasteiger partial charge is 0.382 e. The Morgan fingerprint density at radius 1 is 1.62 bits per heavy atom. The lowest BCUT2D eigenvalue weighted by molar-refractivity contribution is -0.121. The molecule has 1 saturated carbocycles. The molecule has 16 heavy (non-hydrogen) atoms. The Morgan fingerprint density at radius 3 is 3.06 bits per heavy atom. The summed E-state index contributed by atoms with van der Waals surface area (Å²) in [6.07, 6.45) is 6.78. The van der Waals surface area contributed by atoms with Gasteiger partial charge in [0.15, 0.2) is 0 Å². The maximum absolute atomic E-state index is 11.5. The molecule has 0 radical (unpaired) electrons. The van der Waals surface area contributed by atoms with Gasteiger partial charge in [-0.3, -0.25) is 9.48 Å². The summed E-state index contributed by atoms with van der Waals surface area (Å²) in [6, 6.07) is 1.68. The van der Waals surface area contributed by atoms with Gasteiger partial charge in [0.2, 0.25) is 5.91 Å². The Morgan fingerprint density at radius 2 is 2.44 bits per heavy atom. The summed E-state index contributed by atoms with van der Waals surface area (Å²) in [4.78, 5) is 11.5. The predicted octanol–water partition coefficient (Wildman–Crippen LogP) is 0.772. The molecule has 1 aromatic heterocycles. The highest BCUT2D eigenvalue weighted by Gasteiger charge is 2.20. The standard InChI is InChI=1S/C11H18N4O/c12-10-5-7-15(14-10)8-11(16)13-6-1-2-9-3-4-9/h5,7,9H,1-4,6,8H2,(H2,12,14)(H,13,16). The maximum Gasteiger partial charge on any atom is 0.241 e. The Bertz CT molecular complexity index is 357. The lowest BCUT2D eigenvalue weighted by Gasteiger charge is -2.04. The fourth-order valence-corrected chi connectivity index (χ4v) is 1.69. The van der Waals surface area contributed by atoms with Crippen LogP contribution in [0.2, 0.25) is 0 Å². The first kappa shape index (κ1) is 11.0. The number of nitrogens with two attached hydrogens (primary N) is 1. The highest BCUT2D eigenvalue weighted by Crippen LogP contribution is 2.33. The zero-order chi connectivity index (χ0) is 11.4. The van der Waals surface area contributed by atoms with Crippen molar-refractivity contribution < 1.29 is 4.79 Å². The van der Waals surface area contributed by atoms with E-state index in [-0.39, 0.29) is 12.5 Å². The molecule has 5 heteroatoms. The van der Waals surface area contributed by atoms with Crippen LogP contribution in [0.25, 0.3) is 0 Å². The van der Waals surface area contributed by atoms with Crippen molar-refractivity contribution in [1.29, 1.82) is 0 Å². The van der Waals surface area contributed by atoms with Gasteiger partial charge in [0.25, 0.3) is 0 Å². The second kappa shape index (κ2) is 5.01. The van der Waals surface area contributed by atoms with Crippen molar-refractivity contribution in [3.8, 4) is 0 Å². The van der Waals surface area contributed by atoms with Crippen LogP contribution in [0.1, 0.15) is 25.7 Å². The Kier molecular flexibility index (Phi) is 3.44. The fraction of sp³-hybridized carbons (Fsp3) is 0.636. The summed E-state index contributed by atoms with van der Waals surface area (Å²) in [5, 5.41) is 6.83. The topological polar surface area (TPSA) is 72.9 Å². The summed E-state index contributed by atoms with van der Waals surface area (Å²) >= 11 is 0. The lowest BCUT2D eigenvalue weighted by atomic mass is 10.2. The molecule has 0 unspecified atom stereocenters. The number of carbonyl (C=O) groups is 1. The van der Waals surface area contributed by atoms with Crippen LogP contribution in [-0.4, -0.2) is 22.2 Å². The molecule has 1 aromatic rings. The van der Waals surface area contributed by atoms with E-state index in [4.69, 9.17) is 5.73 Å². The van der Waals surface area contributed by atoms with E-state index in [0.29, 0.717) is 5.82 Å². The van der Waals surface area contributed by atoms with Crippen LogP contribution in [0.5, 0.6) is 0 Å². The second-order valence-corrected chi connectivity index (χ2v) is 4.37. The smallest absolute Gasteiger partial charge is 0.241 e. The molecule has 0 bridgehead atoms. The quantitative estimate of drug-likeness (QED) is 0.698. The molecule has 0 spiro atoms. The van der Waals surface area contributed by atoms with Gasteiger partial charge in [-0.15, -0.1) is 0 Å². The van der Waals surface area contributed by atoms with Gasteiger partial charge in [0.05, 0.1) is 0 Å². The van der Waals surface area contributed by atoms with Gasteiger partial charge in [0, 0.05) is 12.7 Å². The molecule has 1 amide bonds. The summed E-state index contributed by atoms with van der Waals surface area (Å²) < 4.78 is 1.55. The van der Waals surface area contributed by atoms with Gasteiger partial charge in [-0.25, -0.2) is 0 Å². The van der Waals surface area contributed by atoms with Crippen LogP contribution in [0, 0.1) is 5.92 Å². The van der Waals surface area contributed by atoms with Gasteiger partial charge in [0.1, 0.15) is 12.4 Å². The highest BCUT2D eigenvalue weighted by molar-refractivity contribution is 5.75. The van der Waals surface area contributed by atoms with Crippen molar-refractivity contribution in [1.82, 2.24) is 15.1 Å². The molecule has 1 fully saturated rings. The van der Waals surface area contributed by atoms with Gasteiger partial charge < -0.3 is 11.1 Å². The van der Waals surface area contributed by atoms with Crippen LogP contribution in [0.15, 0.2) is 12.3 Å². The number of amides is 1. The third kappa shape index (κ3) is 3.56. The van der Waals surface area contributed by atoms with Gasteiger partial charge >= 0.3 is 0 Å². The first-order valence-corrected chi connectivity index (χ1v) is 5.79. The minimum Gasteiger partial charge on any atom is -0.382 e. The van der Waals surface area contributed by atoms with Crippen molar-refractivity contribution in [3.63, 3.8) is 0 Å². The molecule has 1 aliphatic rings.